The highest BCUT2D eigenvalue weighted by molar-refractivity contribution is 5.75. The Kier molecular flexibility index (Phi) is 5.58. The molecule has 6 N–H and O–H groups in total. The van der Waals surface area contributed by atoms with Gasteiger partial charge in [-0.05, 0) is 0 Å². The highest BCUT2D eigenvalue weighted by Gasteiger charge is 2.53. The fraction of sp³-hybridized carbons (Fsp3) is 0.929. The van der Waals surface area contributed by atoms with Gasteiger partial charge in [0, 0.05) is 6.92 Å². The molecule has 0 aromatic carbocycles. The summed E-state index contributed by atoms with van der Waals surface area (Å²) in [5, 5.41) is 58.7. The zero-order chi connectivity index (χ0) is 18.3. The van der Waals surface area contributed by atoms with Gasteiger partial charge in [-0.1, -0.05) is 0 Å². The lowest BCUT2D eigenvalue weighted by atomic mass is 9.96. The Morgan fingerprint density at radius 3 is 2.20 bits per heavy atom. The zero-order valence-corrected chi connectivity index (χ0v) is 13.5. The Morgan fingerprint density at radius 1 is 0.920 bits per heavy atom. The van der Waals surface area contributed by atoms with Crippen LogP contribution in [0.1, 0.15) is 6.92 Å². The number of aliphatic hydroxyl groups excluding tert-OH is 6. The van der Waals surface area contributed by atoms with Crippen molar-refractivity contribution in [3.8, 4) is 0 Å². The van der Waals surface area contributed by atoms with Crippen molar-refractivity contribution in [3.63, 3.8) is 0 Å². The topological polar surface area (TPSA) is 171 Å². The van der Waals surface area contributed by atoms with Crippen LogP contribution in [-0.4, -0.2) is 111 Å². The van der Waals surface area contributed by atoms with E-state index in [-0.39, 0.29) is 0 Å². The summed E-state index contributed by atoms with van der Waals surface area (Å²) in [6.07, 6.45) is -11.6. The number of rotatable bonds is 4. The second-order valence-corrected chi connectivity index (χ2v) is 6.27. The predicted molar refractivity (Wildman–Crippen MR) is 78.4 cm³/mol. The van der Waals surface area contributed by atoms with Crippen LogP contribution < -0.4 is 0 Å². The summed E-state index contributed by atoms with van der Waals surface area (Å²) in [4.78, 5) is 4.18. The van der Waals surface area contributed by atoms with Gasteiger partial charge in [0.05, 0.1) is 13.2 Å². The molecule has 3 aliphatic heterocycles. The van der Waals surface area contributed by atoms with E-state index in [1.807, 2.05) is 0 Å². The minimum absolute atomic E-state index is 0.309. The first kappa shape index (κ1) is 18.9. The van der Waals surface area contributed by atoms with Gasteiger partial charge in [-0.2, -0.15) is 0 Å². The number of fused-ring (bicyclic) bond motifs is 1. The van der Waals surface area contributed by atoms with E-state index in [1.54, 1.807) is 6.92 Å². The molecule has 0 aromatic rings. The molecule has 0 bridgehead atoms. The van der Waals surface area contributed by atoms with Crippen LogP contribution in [0.4, 0.5) is 0 Å². The van der Waals surface area contributed by atoms with Crippen LogP contribution in [0, 0.1) is 0 Å². The minimum atomic E-state index is -1.62. The van der Waals surface area contributed by atoms with Crippen molar-refractivity contribution < 1.29 is 49.6 Å². The molecule has 10 atom stereocenters. The van der Waals surface area contributed by atoms with Gasteiger partial charge >= 0.3 is 0 Å². The summed E-state index contributed by atoms with van der Waals surface area (Å²) >= 11 is 0. The van der Waals surface area contributed by atoms with Crippen molar-refractivity contribution in [1.29, 1.82) is 0 Å². The van der Waals surface area contributed by atoms with Gasteiger partial charge in [0.1, 0.15) is 48.8 Å². The van der Waals surface area contributed by atoms with E-state index in [9.17, 15) is 30.6 Å². The minimum Gasteiger partial charge on any atom is -0.450 e. The zero-order valence-electron chi connectivity index (χ0n) is 13.5. The number of aliphatic hydroxyl groups is 6. The fourth-order valence-electron chi connectivity index (χ4n) is 3.19. The lowest BCUT2D eigenvalue weighted by Gasteiger charge is -2.44. The van der Waals surface area contributed by atoms with Gasteiger partial charge in [0.25, 0.3) is 0 Å². The molecule has 3 aliphatic rings. The molecule has 0 aliphatic carbocycles. The maximum absolute atomic E-state index is 10.4. The molecule has 0 saturated carbocycles. The average molecular weight is 365 g/mol. The van der Waals surface area contributed by atoms with Crippen LogP contribution >= 0.6 is 0 Å². The largest absolute Gasteiger partial charge is 0.450 e. The Morgan fingerprint density at radius 2 is 1.56 bits per heavy atom. The monoisotopic (exact) mass is 365 g/mol. The van der Waals surface area contributed by atoms with E-state index in [4.69, 9.17) is 18.9 Å². The van der Waals surface area contributed by atoms with Crippen LogP contribution in [0.25, 0.3) is 0 Å². The molecular formula is C14H23NO10. The molecule has 11 heteroatoms. The predicted octanol–water partition coefficient (Wildman–Crippen LogP) is -3.93. The standard InChI is InChI=1S/C14H23NO10/c1-4-15-7-12(9(19)6(3-17)23-13(7)22-4)25-14-11(21)10(20)8(18)5(2-16)24-14/h5-14,16-21H,2-3H2,1H3/t5?,6?,7-,8-,9+,10?,11-,12?,13-,14-/m0/s1. The summed E-state index contributed by atoms with van der Waals surface area (Å²) < 4.78 is 21.7. The van der Waals surface area contributed by atoms with Gasteiger partial charge < -0.3 is 49.6 Å². The SMILES string of the molecule is CC1=N[C@H]2C(O[C@@H]3OC(CO)[C@H](O)C(O)[C@@H]3O)[C@H](O)C(CO)O[C@@H]2O1. The molecule has 0 radical (unpaired) electrons. The van der Waals surface area contributed by atoms with E-state index in [1.165, 1.54) is 0 Å². The van der Waals surface area contributed by atoms with E-state index in [0.29, 0.717) is 5.90 Å². The first-order valence-corrected chi connectivity index (χ1v) is 7.98. The third-order valence-corrected chi connectivity index (χ3v) is 4.58. The quantitative estimate of drug-likeness (QED) is 0.289. The van der Waals surface area contributed by atoms with Crippen LogP contribution in [0.3, 0.4) is 0 Å². The average Bonchev–Trinajstić information content (AvgIpc) is 2.97. The molecule has 3 heterocycles. The fourth-order valence-corrected chi connectivity index (χ4v) is 3.19. The van der Waals surface area contributed by atoms with Gasteiger partial charge in [-0.15, -0.1) is 0 Å². The van der Waals surface area contributed by atoms with Gasteiger partial charge in [-0.3, -0.25) is 0 Å². The summed E-state index contributed by atoms with van der Waals surface area (Å²) in [5.74, 6) is 0.309. The van der Waals surface area contributed by atoms with E-state index in [0.717, 1.165) is 0 Å². The van der Waals surface area contributed by atoms with Crippen LogP contribution in [0.15, 0.2) is 4.99 Å². The molecule has 11 nitrogen and oxygen atoms in total. The van der Waals surface area contributed by atoms with Crippen molar-refractivity contribution in [2.24, 2.45) is 4.99 Å². The van der Waals surface area contributed by atoms with Crippen molar-refractivity contribution in [1.82, 2.24) is 0 Å². The molecule has 144 valence electrons. The second kappa shape index (κ2) is 7.39. The van der Waals surface area contributed by atoms with Crippen molar-refractivity contribution in [2.45, 2.75) is 68.3 Å². The molecule has 3 rings (SSSR count). The number of aliphatic imine (C=N–C) groups is 1. The summed E-state index contributed by atoms with van der Waals surface area (Å²) in [7, 11) is 0. The number of ether oxygens (including phenoxy) is 4. The normalized spacial score (nSPS) is 50.1. The molecular weight excluding hydrogens is 342 g/mol. The number of hydrogen-bond acceptors (Lipinski definition) is 11. The van der Waals surface area contributed by atoms with Gasteiger partial charge in [0.15, 0.2) is 12.2 Å². The molecule has 25 heavy (non-hydrogen) atoms. The molecule has 0 amide bonds. The summed E-state index contributed by atoms with van der Waals surface area (Å²) in [6.45, 7) is 0.487. The third kappa shape index (κ3) is 3.39. The molecule has 0 spiro atoms. The smallest absolute Gasteiger partial charge is 0.227 e. The van der Waals surface area contributed by atoms with Crippen molar-refractivity contribution in [3.05, 3.63) is 0 Å². The lowest BCUT2D eigenvalue weighted by molar-refractivity contribution is -0.336. The molecule has 2 fully saturated rings. The molecule has 4 unspecified atom stereocenters. The van der Waals surface area contributed by atoms with Gasteiger partial charge in [-0.25, -0.2) is 4.99 Å². The Balaban J connectivity index is 1.78. The highest BCUT2D eigenvalue weighted by atomic mass is 16.7. The molecule has 0 aromatic heterocycles. The number of nitrogens with zero attached hydrogens (tertiary/aromatic N) is 1. The second-order valence-electron chi connectivity index (χ2n) is 6.27. The first-order valence-electron chi connectivity index (χ1n) is 7.98. The van der Waals surface area contributed by atoms with Crippen LogP contribution in [0.2, 0.25) is 0 Å². The third-order valence-electron chi connectivity index (χ3n) is 4.58. The van der Waals surface area contributed by atoms with Crippen LogP contribution in [-0.2, 0) is 18.9 Å². The Bertz CT molecular complexity index is 502. The number of hydrogen-bond donors (Lipinski definition) is 6. The highest BCUT2D eigenvalue weighted by Crippen LogP contribution is 2.33. The summed E-state index contributed by atoms with van der Waals surface area (Å²) in [6, 6.07) is -0.773. The van der Waals surface area contributed by atoms with E-state index >= 15 is 0 Å². The Hall–Kier alpha value is -0.890. The van der Waals surface area contributed by atoms with E-state index < -0.39 is 74.6 Å². The Labute approximate surface area is 143 Å². The maximum atomic E-state index is 10.4. The lowest BCUT2D eigenvalue weighted by Crippen LogP contribution is -2.63. The maximum Gasteiger partial charge on any atom is 0.227 e. The molecule has 2 saturated heterocycles. The first-order chi connectivity index (χ1) is 11.9. The van der Waals surface area contributed by atoms with Crippen molar-refractivity contribution in [2.75, 3.05) is 13.2 Å². The van der Waals surface area contributed by atoms with Gasteiger partial charge in [0.2, 0.25) is 6.29 Å². The van der Waals surface area contributed by atoms with Crippen molar-refractivity contribution >= 4 is 5.90 Å². The van der Waals surface area contributed by atoms with Crippen LogP contribution in [0.5, 0.6) is 0 Å². The summed E-state index contributed by atoms with van der Waals surface area (Å²) in [5.41, 5.74) is 0. The van der Waals surface area contributed by atoms with E-state index in [2.05, 4.69) is 4.99 Å².